The molecule has 1 atom stereocenters. The van der Waals surface area contributed by atoms with Crippen molar-refractivity contribution in [3.05, 3.63) is 33.6 Å². The number of thiophene rings is 1. The average Bonchev–Trinajstić information content (AvgIpc) is 3.37. The summed E-state index contributed by atoms with van der Waals surface area (Å²) in [4.78, 5) is 31.0. The zero-order valence-electron chi connectivity index (χ0n) is 16.4. The van der Waals surface area contributed by atoms with Crippen LogP contribution < -0.4 is 0 Å². The highest BCUT2D eigenvalue weighted by Crippen LogP contribution is 2.40. The topological polar surface area (TPSA) is 87.7 Å². The lowest BCUT2D eigenvalue weighted by atomic mass is 9.97. The van der Waals surface area contributed by atoms with Gasteiger partial charge in [-0.25, -0.2) is 15.0 Å². The van der Waals surface area contributed by atoms with Crippen molar-refractivity contribution >= 4 is 27.5 Å². The highest BCUT2D eigenvalue weighted by atomic mass is 32.1. The van der Waals surface area contributed by atoms with Gasteiger partial charge in [0.05, 0.1) is 10.6 Å². The van der Waals surface area contributed by atoms with E-state index in [0.29, 0.717) is 12.5 Å². The van der Waals surface area contributed by atoms with Gasteiger partial charge in [0.25, 0.3) is 5.91 Å². The second kappa shape index (κ2) is 6.62. The maximum Gasteiger partial charge on any atom is 0.264 e. The number of fused-ring (bicyclic) bond motifs is 1. The number of carbonyl (C=O) groups is 1. The predicted octanol–water partition coefficient (Wildman–Crippen LogP) is 3.63. The van der Waals surface area contributed by atoms with Gasteiger partial charge in [-0.2, -0.15) is 5.10 Å². The van der Waals surface area contributed by atoms with Crippen LogP contribution in [-0.4, -0.2) is 49.0 Å². The molecule has 1 unspecified atom stereocenters. The number of aromatic amines is 1. The predicted molar refractivity (Wildman–Crippen MR) is 108 cm³/mol. The minimum atomic E-state index is 0.102. The lowest BCUT2D eigenvalue weighted by Crippen LogP contribution is -2.39. The number of carbonyl (C=O) groups excluding carboxylic acids is 1. The van der Waals surface area contributed by atoms with E-state index in [1.165, 1.54) is 24.2 Å². The van der Waals surface area contributed by atoms with E-state index in [1.54, 1.807) is 0 Å². The van der Waals surface area contributed by atoms with Gasteiger partial charge in [-0.05, 0) is 52.0 Å². The maximum absolute atomic E-state index is 13.4. The van der Waals surface area contributed by atoms with E-state index in [9.17, 15) is 4.79 Å². The number of piperidine rings is 1. The molecule has 0 radical (unpaired) electrons. The van der Waals surface area contributed by atoms with Crippen molar-refractivity contribution in [1.82, 2.24) is 30.0 Å². The van der Waals surface area contributed by atoms with Crippen molar-refractivity contribution in [1.29, 1.82) is 0 Å². The van der Waals surface area contributed by atoms with Gasteiger partial charge in [0, 0.05) is 30.3 Å². The number of aryl methyl sites for hydroxylation is 3. The number of nitrogens with one attached hydrogen (secondary N) is 1. The van der Waals surface area contributed by atoms with Crippen LogP contribution in [0.2, 0.25) is 0 Å². The van der Waals surface area contributed by atoms with Crippen LogP contribution in [0.15, 0.2) is 0 Å². The van der Waals surface area contributed by atoms with Gasteiger partial charge in [-0.15, -0.1) is 11.3 Å². The molecular weight excluding hydrogens is 372 g/mol. The highest BCUT2D eigenvalue weighted by molar-refractivity contribution is 7.20. The number of hydrogen-bond acceptors (Lipinski definition) is 6. The molecule has 3 aromatic rings. The van der Waals surface area contributed by atoms with Crippen molar-refractivity contribution in [3.63, 3.8) is 0 Å². The van der Waals surface area contributed by atoms with Gasteiger partial charge in [0.1, 0.15) is 16.5 Å². The first-order valence-corrected chi connectivity index (χ1v) is 10.8. The van der Waals surface area contributed by atoms with Gasteiger partial charge >= 0.3 is 0 Å². The number of likely N-dealkylation sites (tertiary alicyclic amines) is 1. The van der Waals surface area contributed by atoms with Crippen molar-refractivity contribution in [2.75, 3.05) is 13.1 Å². The van der Waals surface area contributed by atoms with Crippen LogP contribution in [0.1, 0.15) is 75.9 Å². The van der Waals surface area contributed by atoms with Crippen LogP contribution in [0.4, 0.5) is 0 Å². The lowest BCUT2D eigenvalue weighted by Gasteiger charge is -2.31. The summed E-state index contributed by atoms with van der Waals surface area (Å²) in [6.07, 6.45) is 4.34. The number of H-pyrrole nitrogens is 1. The molecule has 28 heavy (non-hydrogen) atoms. The first-order valence-electron chi connectivity index (χ1n) is 9.97. The Morgan fingerprint density at radius 3 is 2.61 bits per heavy atom. The third-order valence-corrected chi connectivity index (χ3v) is 6.99. The van der Waals surface area contributed by atoms with E-state index < -0.39 is 0 Å². The van der Waals surface area contributed by atoms with Crippen LogP contribution in [0.25, 0.3) is 10.2 Å². The summed E-state index contributed by atoms with van der Waals surface area (Å²) in [5, 5.41) is 8.28. The SMILES string of the molecule is Cc1nc(C2CCCN(C(=O)c3sc4nc(C5CC5)nc(C)c4c3C)C2)n[nH]1. The van der Waals surface area contributed by atoms with E-state index in [-0.39, 0.29) is 11.8 Å². The van der Waals surface area contributed by atoms with Crippen LogP contribution in [0, 0.1) is 20.8 Å². The molecule has 1 aliphatic carbocycles. The average molecular weight is 397 g/mol. The highest BCUT2D eigenvalue weighted by Gasteiger charge is 2.31. The van der Waals surface area contributed by atoms with Gasteiger partial charge < -0.3 is 4.90 Å². The van der Waals surface area contributed by atoms with E-state index in [1.807, 2.05) is 25.7 Å². The van der Waals surface area contributed by atoms with Gasteiger partial charge in [0.2, 0.25) is 0 Å². The molecule has 2 aliphatic rings. The summed E-state index contributed by atoms with van der Waals surface area (Å²) in [7, 11) is 0. The van der Waals surface area contributed by atoms with Crippen molar-refractivity contribution in [3.8, 4) is 0 Å². The number of nitrogens with zero attached hydrogens (tertiary/aromatic N) is 5. The first kappa shape index (κ1) is 17.7. The summed E-state index contributed by atoms with van der Waals surface area (Å²) in [5.41, 5.74) is 2.01. The van der Waals surface area contributed by atoms with E-state index in [0.717, 1.165) is 63.2 Å². The molecule has 0 bridgehead atoms. The summed E-state index contributed by atoms with van der Waals surface area (Å²) >= 11 is 1.52. The molecule has 5 rings (SSSR count). The molecule has 4 heterocycles. The molecule has 1 N–H and O–H groups in total. The van der Waals surface area contributed by atoms with Gasteiger partial charge in [-0.1, -0.05) is 0 Å². The molecular formula is C20H24N6OS. The second-order valence-electron chi connectivity index (χ2n) is 8.05. The molecule has 0 spiro atoms. The quantitative estimate of drug-likeness (QED) is 0.730. The molecule has 1 aliphatic heterocycles. The molecule has 146 valence electrons. The smallest absolute Gasteiger partial charge is 0.264 e. The standard InChI is InChI=1S/C20H24N6OS/c1-10-15-11(2)21-17(13-6-7-13)23-19(15)28-16(10)20(27)26-8-4-5-14(9-26)18-22-12(3)24-25-18/h13-14H,4-9H2,1-3H3,(H,22,24,25). The molecule has 3 aromatic heterocycles. The third-order valence-electron chi connectivity index (χ3n) is 5.81. The second-order valence-corrected chi connectivity index (χ2v) is 9.05. The molecule has 2 fully saturated rings. The monoisotopic (exact) mass is 396 g/mol. The largest absolute Gasteiger partial charge is 0.337 e. The van der Waals surface area contributed by atoms with E-state index >= 15 is 0 Å². The summed E-state index contributed by atoms with van der Waals surface area (Å²) in [5.74, 6) is 3.39. The lowest BCUT2D eigenvalue weighted by molar-refractivity contribution is 0.0709. The van der Waals surface area contributed by atoms with Crippen LogP contribution in [-0.2, 0) is 0 Å². The molecule has 0 aromatic carbocycles. The Morgan fingerprint density at radius 1 is 1.07 bits per heavy atom. The molecule has 7 nitrogen and oxygen atoms in total. The van der Waals surface area contributed by atoms with Crippen molar-refractivity contribution in [2.24, 2.45) is 0 Å². The molecule has 1 saturated heterocycles. The zero-order chi connectivity index (χ0) is 19.4. The minimum Gasteiger partial charge on any atom is -0.337 e. The normalized spacial score (nSPS) is 20.1. The molecule has 1 saturated carbocycles. The van der Waals surface area contributed by atoms with Crippen molar-refractivity contribution in [2.45, 2.75) is 58.3 Å². The van der Waals surface area contributed by atoms with E-state index in [2.05, 4.69) is 15.2 Å². The minimum absolute atomic E-state index is 0.102. The maximum atomic E-state index is 13.4. The Balaban J connectivity index is 1.45. The van der Waals surface area contributed by atoms with E-state index in [4.69, 9.17) is 9.97 Å². The fourth-order valence-electron chi connectivity index (χ4n) is 4.15. The van der Waals surface area contributed by atoms with Gasteiger partial charge in [0.15, 0.2) is 5.82 Å². The number of aromatic nitrogens is 5. The number of amides is 1. The fourth-order valence-corrected chi connectivity index (χ4v) is 5.35. The van der Waals surface area contributed by atoms with Crippen LogP contribution in [0.3, 0.4) is 0 Å². The number of rotatable bonds is 3. The molecule has 8 heteroatoms. The Bertz CT molecular complexity index is 1070. The summed E-state index contributed by atoms with van der Waals surface area (Å²) in [6, 6.07) is 0. The summed E-state index contributed by atoms with van der Waals surface area (Å²) < 4.78 is 0. The Kier molecular flexibility index (Phi) is 4.19. The van der Waals surface area contributed by atoms with Crippen LogP contribution in [0.5, 0.6) is 0 Å². The first-order chi connectivity index (χ1) is 13.5. The number of hydrogen-bond donors (Lipinski definition) is 1. The molecule has 1 amide bonds. The van der Waals surface area contributed by atoms with Crippen LogP contribution >= 0.6 is 11.3 Å². The third kappa shape index (κ3) is 2.99. The summed E-state index contributed by atoms with van der Waals surface area (Å²) in [6.45, 7) is 7.42. The zero-order valence-corrected chi connectivity index (χ0v) is 17.3. The Morgan fingerprint density at radius 2 is 1.89 bits per heavy atom. The Labute approximate surface area is 167 Å². The van der Waals surface area contributed by atoms with Gasteiger partial charge in [-0.3, -0.25) is 9.89 Å². The fraction of sp³-hybridized carbons (Fsp3) is 0.550. The van der Waals surface area contributed by atoms with Crippen molar-refractivity contribution < 1.29 is 4.79 Å². The Hall–Kier alpha value is -2.35.